The van der Waals surface area contributed by atoms with Gasteiger partial charge in [0, 0.05) is 36.7 Å². The fourth-order valence-corrected chi connectivity index (χ4v) is 5.73. The van der Waals surface area contributed by atoms with Crippen LogP contribution in [0.5, 0.6) is 0 Å². The molecule has 27 heavy (non-hydrogen) atoms. The Balaban J connectivity index is 2.02. The molecule has 0 unspecified atom stereocenters. The van der Waals surface area contributed by atoms with Gasteiger partial charge in [0.05, 0.1) is 15.9 Å². The van der Waals surface area contributed by atoms with E-state index >= 15 is 0 Å². The first-order valence-electron chi connectivity index (χ1n) is 8.69. The highest BCUT2D eigenvalue weighted by molar-refractivity contribution is 7.89. The first kappa shape index (κ1) is 19.9. The van der Waals surface area contributed by atoms with Crippen LogP contribution in [0, 0.1) is 24.0 Å². The van der Waals surface area contributed by atoms with Crippen LogP contribution in [0.1, 0.15) is 28.8 Å². The second-order valence-corrected chi connectivity index (χ2v) is 9.59. The molecule has 3 rings (SSSR count). The SMILES string of the molecule is Cc1cc([N+](=O)[O-])cc(S(=O)(=O)N(Cc2cccs2)C[C@@H]2CCCO2)c1C. The van der Waals surface area contributed by atoms with Crippen molar-refractivity contribution < 1.29 is 18.1 Å². The summed E-state index contributed by atoms with van der Waals surface area (Å²) in [6.07, 6.45) is 1.57. The topological polar surface area (TPSA) is 89.8 Å². The summed E-state index contributed by atoms with van der Waals surface area (Å²) in [4.78, 5) is 11.6. The van der Waals surface area contributed by atoms with Gasteiger partial charge in [0.1, 0.15) is 0 Å². The Kier molecular flexibility index (Phi) is 5.95. The molecular weight excluding hydrogens is 388 g/mol. The van der Waals surface area contributed by atoms with E-state index in [0.29, 0.717) is 17.7 Å². The Morgan fingerprint density at radius 1 is 1.37 bits per heavy atom. The predicted molar refractivity (Wildman–Crippen MR) is 103 cm³/mol. The van der Waals surface area contributed by atoms with Gasteiger partial charge < -0.3 is 4.74 Å². The number of ether oxygens (including phenoxy) is 1. The van der Waals surface area contributed by atoms with Gasteiger partial charge in [0.25, 0.3) is 5.69 Å². The molecule has 1 aromatic carbocycles. The zero-order valence-electron chi connectivity index (χ0n) is 15.3. The van der Waals surface area contributed by atoms with Crippen LogP contribution in [0.25, 0.3) is 0 Å². The maximum atomic E-state index is 13.4. The number of nitrogens with zero attached hydrogens (tertiary/aromatic N) is 2. The Hall–Kier alpha value is -1.81. The lowest BCUT2D eigenvalue weighted by Crippen LogP contribution is -2.37. The Bertz CT molecular complexity index is 919. The largest absolute Gasteiger partial charge is 0.377 e. The molecule has 2 aromatic rings. The van der Waals surface area contributed by atoms with Gasteiger partial charge in [0.2, 0.25) is 10.0 Å². The average molecular weight is 411 g/mol. The molecule has 1 aliphatic rings. The third kappa shape index (κ3) is 4.37. The minimum atomic E-state index is -3.92. The van der Waals surface area contributed by atoms with Crippen molar-refractivity contribution in [1.29, 1.82) is 0 Å². The number of nitro benzene ring substituents is 1. The van der Waals surface area contributed by atoms with E-state index in [0.717, 1.165) is 23.8 Å². The van der Waals surface area contributed by atoms with E-state index in [-0.39, 0.29) is 29.8 Å². The highest BCUT2D eigenvalue weighted by Crippen LogP contribution is 2.30. The third-order valence-electron chi connectivity index (χ3n) is 4.78. The number of hydrogen-bond donors (Lipinski definition) is 0. The van der Waals surface area contributed by atoms with Crippen LogP contribution in [0.4, 0.5) is 5.69 Å². The van der Waals surface area contributed by atoms with Crippen molar-refractivity contribution in [3.63, 3.8) is 0 Å². The number of non-ortho nitro benzene ring substituents is 1. The van der Waals surface area contributed by atoms with Gasteiger partial charge in [-0.3, -0.25) is 10.1 Å². The van der Waals surface area contributed by atoms with E-state index in [2.05, 4.69) is 0 Å². The quantitative estimate of drug-likeness (QED) is 0.513. The first-order valence-corrected chi connectivity index (χ1v) is 11.0. The van der Waals surface area contributed by atoms with Gasteiger partial charge in [-0.25, -0.2) is 8.42 Å². The summed E-state index contributed by atoms with van der Waals surface area (Å²) in [6.45, 7) is 4.46. The van der Waals surface area contributed by atoms with E-state index < -0.39 is 14.9 Å². The van der Waals surface area contributed by atoms with Crippen LogP contribution in [-0.2, 0) is 21.3 Å². The average Bonchev–Trinajstić information content (AvgIpc) is 3.30. The van der Waals surface area contributed by atoms with Gasteiger partial charge in [-0.05, 0) is 49.3 Å². The molecule has 9 heteroatoms. The Morgan fingerprint density at radius 3 is 2.74 bits per heavy atom. The monoisotopic (exact) mass is 410 g/mol. The van der Waals surface area contributed by atoms with Gasteiger partial charge >= 0.3 is 0 Å². The summed E-state index contributed by atoms with van der Waals surface area (Å²) in [7, 11) is -3.92. The van der Waals surface area contributed by atoms with Crippen molar-refractivity contribution in [1.82, 2.24) is 4.31 Å². The van der Waals surface area contributed by atoms with Crippen LogP contribution < -0.4 is 0 Å². The molecule has 1 aromatic heterocycles. The van der Waals surface area contributed by atoms with Crippen molar-refractivity contribution in [2.45, 2.75) is 44.2 Å². The smallest absolute Gasteiger partial charge is 0.271 e. The predicted octanol–water partition coefficient (Wildman–Crippen LogP) is 3.64. The number of thiophene rings is 1. The molecule has 1 atom stereocenters. The standard InChI is InChI=1S/C18H22N2O5S2/c1-13-9-15(20(21)22)10-18(14(13)2)27(23,24)19(11-16-5-3-7-25-16)12-17-6-4-8-26-17/h4,6,8-10,16H,3,5,7,11-12H2,1-2H3/t16-/m0/s1. The molecule has 1 fully saturated rings. The molecule has 1 aliphatic heterocycles. The lowest BCUT2D eigenvalue weighted by atomic mass is 10.1. The minimum Gasteiger partial charge on any atom is -0.377 e. The third-order valence-corrected chi connectivity index (χ3v) is 7.58. The molecule has 0 spiro atoms. The van der Waals surface area contributed by atoms with Gasteiger partial charge in [-0.15, -0.1) is 11.3 Å². The van der Waals surface area contributed by atoms with Gasteiger partial charge in [-0.2, -0.15) is 4.31 Å². The maximum Gasteiger partial charge on any atom is 0.271 e. The van der Waals surface area contributed by atoms with Crippen molar-refractivity contribution >= 4 is 27.0 Å². The summed E-state index contributed by atoms with van der Waals surface area (Å²) in [5.41, 5.74) is 0.893. The van der Waals surface area contributed by atoms with Crippen molar-refractivity contribution in [2.24, 2.45) is 0 Å². The molecule has 0 N–H and O–H groups in total. The van der Waals surface area contributed by atoms with Crippen LogP contribution >= 0.6 is 11.3 Å². The number of aryl methyl sites for hydroxylation is 1. The summed E-state index contributed by atoms with van der Waals surface area (Å²) in [5.74, 6) is 0. The molecule has 0 amide bonds. The lowest BCUT2D eigenvalue weighted by molar-refractivity contribution is -0.385. The van der Waals surface area contributed by atoms with E-state index in [1.807, 2.05) is 17.5 Å². The van der Waals surface area contributed by atoms with Crippen molar-refractivity contribution in [3.05, 3.63) is 55.8 Å². The number of nitro groups is 1. The maximum absolute atomic E-state index is 13.4. The highest BCUT2D eigenvalue weighted by Gasteiger charge is 2.32. The van der Waals surface area contributed by atoms with Crippen molar-refractivity contribution in [2.75, 3.05) is 13.2 Å². The molecule has 0 radical (unpaired) electrons. The molecule has 146 valence electrons. The second kappa shape index (κ2) is 8.05. The molecule has 0 saturated carbocycles. The molecular formula is C18H22N2O5S2. The van der Waals surface area contributed by atoms with E-state index in [9.17, 15) is 18.5 Å². The minimum absolute atomic E-state index is 0.0104. The summed E-state index contributed by atoms with van der Waals surface area (Å²) in [5, 5.41) is 13.1. The molecule has 0 aliphatic carbocycles. The molecule has 2 heterocycles. The van der Waals surface area contributed by atoms with Crippen LogP contribution in [0.3, 0.4) is 0 Å². The zero-order chi connectivity index (χ0) is 19.6. The van der Waals surface area contributed by atoms with Gasteiger partial charge in [-0.1, -0.05) is 6.07 Å². The lowest BCUT2D eigenvalue weighted by Gasteiger charge is -2.25. The van der Waals surface area contributed by atoms with Crippen LogP contribution in [-0.4, -0.2) is 36.9 Å². The summed E-state index contributed by atoms with van der Waals surface area (Å²) < 4.78 is 33.9. The van der Waals surface area contributed by atoms with Crippen LogP contribution in [0.2, 0.25) is 0 Å². The number of benzene rings is 1. The zero-order valence-corrected chi connectivity index (χ0v) is 16.9. The summed E-state index contributed by atoms with van der Waals surface area (Å²) in [6, 6.07) is 6.32. The number of hydrogen-bond acceptors (Lipinski definition) is 6. The Morgan fingerprint density at radius 2 is 2.15 bits per heavy atom. The van der Waals surface area contributed by atoms with E-state index in [4.69, 9.17) is 4.74 Å². The normalized spacial score (nSPS) is 17.5. The van der Waals surface area contributed by atoms with Crippen LogP contribution in [0.15, 0.2) is 34.5 Å². The fraction of sp³-hybridized carbons (Fsp3) is 0.444. The van der Waals surface area contributed by atoms with Crippen molar-refractivity contribution in [3.8, 4) is 0 Å². The molecule has 0 bridgehead atoms. The number of sulfonamides is 1. The van der Waals surface area contributed by atoms with Gasteiger partial charge in [0.15, 0.2) is 0 Å². The molecule has 1 saturated heterocycles. The Labute approximate surface area is 162 Å². The molecule has 7 nitrogen and oxygen atoms in total. The highest BCUT2D eigenvalue weighted by atomic mass is 32.2. The van der Waals surface area contributed by atoms with E-state index in [1.54, 1.807) is 13.8 Å². The summed E-state index contributed by atoms with van der Waals surface area (Å²) >= 11 is 1.48. The number of rotatable bonds is 7. The second-order valence-electron chi connectivity index (χ2n) is 6.65. The first-order chi connectivity index (χ1) is 12.8. The fourth-order valence-electron chi connectivity index (χ4n) is 3.16. The van der Waals surface area contributed by atoms with E-state index in [1.165, 1.54) is 21.7 Å².